The van der Waals surface area contributed by atoms with E-state index in [1.165, 1.54) is 16.0 Å². The van der Waals surface area contributed by atoms with E-state index in [4.69, 9.17) is 0 Å². The van der Waals surface area contributed by atoms with E-state index in [1.54, 1.807) is 0 Å². The standard InChI is InChI=1S/C9H13BS/c1-7-4-3-5-9(8(7)2)11-6-10/h3-5H,6,10H2,1-2H3. The second-order valence-electron chi connectivity index (χ2n) is 2.63. The van der Waals surface area contributed by atoms with E-state index in [9.17, 15) is 0 Å². The van der Waals surface area contributed by atoms with Crippen LogP contribution >= 0.6 is 11.8 Å². The fourth-order valence-electron chi connectivity index (χ4n) is 1.04. The molecule has 0 radical (unpaired) electrons. The molecule has 0 heterocycles. The van der Waals surface area contributed by atoms with Gasteiger partial charge < -0.3 is 0 Å². The van der Waals surface area contributed by atoms with Crippen LogP contribution in [0.25, 0.3) is 0 Å². The fraction of sp³-hybridized carbons (Fsp3) is 0.333. The minimum Gasteiger partial charge on any atom is -0.135 e. The molecule has 0 atom stereocenters. The molecule has 0 aliphatic carbocycles. The third-order valence-corrected chi connectivity index (χ3v) is 2.90. The lowest BCUT2D eigenvalue weighted by Crippen LogP contribution is -1.85. The van der Waals surface area contributed by atoms with Crippen LogP contribution < -0.4 is 0 Å². The fourth-order valence-corrected chi connectivity index (χ4v) is 1.90. The van der Waals surface area contributed by atoms with Gasteiger partial charge in [-0.2, -0.15) is 0 Å². The predicted octanol–water partition coefficient (Wildman–Crippen LogP) is 1.99. The van der Waals surface area contributed by atoms with Crippen molar-refractivity contribution < 1.29 is 0 Å². The van der Waals surface area contributed by atoms with Gasteiger partial charge in [0.15, 0.2) is 0 Å². The maximum atomic E-state index is 2.19. The van der Waals surface area contributed by atoms with Gasteiger partial charge in [0.25, 0.3) is 0 Å². The normalized spacial score (nSPS) is 10.0. The van der Waals surface area contributed by atoms with Crippen LogP contribution in [-0.2, 0) is 0 Å². The Hall–Kier alpha value is -0.365. The molecule has 2 heteroatoms. The van der Waals surface area contributed by atoms with Crippen LogP contribution in [0.4, 0.5) is 0 Å². The molecule has 58 valence electrons. The Morgan fingerprint density at radius 3 is 2.73 bits per heavy atom. The van der Waals surface area contributed by atoms with Crippen molar-refractivity contribution >= 4 is 19.6 Å². The van der Waals surface area contributed by atoms with Gasteiger partial charge in [-0.15, -0.1) is 11.8 Å². The Balaban J connectivity index is 2.96. The highest BCUT2D eigenvalue weighted by atomic mass is 32.2. The molecule has 0 saturated carbocycles. The summed E-state index contributed by atoms with van der Waals surface area (Å²) in [6, 6.07) is 6.48. The summed E-state index contributed by atoms with van der Waals surface area (Å²) >= 11 is 1.92. The van der Waals surface area contributed by atoms with E-state index in [0.29, 0.717) is 0 Å². The molecule has 1 rings (SSSR count). The molecule has 1 aromatic rings. The average molecular weight is 164 g/mol. The number of rotatable bonds is 2. The van der Waals surface area contributed by atoms with Gasteiger partial charge in [0.05, 0.1) is 0 Å². The number of benzene rings is 1. The molecule has 0 bridgehead atoms. The summed E-state index contributed by atoms with van der Waals surface area (Å²) in [5.41, 5.74) is 3.98. The van der Waals surface area contributed by atoms with Gasteiger partial charge in [-0.1, -0.05) is 12.1 Å². The van der Waals surface area contributed by atoms with Crippen LogP contribution in [0.2, 0.25) is 0 Å². The summed E-state index contributed by atoms with van der Waals surface area (Å²) in [4.78, 5) is 1.42. The Labute approximate surface area is 73.8 Å². The van der Waals surface area contributed by atoms with Crippen LogP contribution in [0.1, 0.15) is 11.1 Å². The van der Waals surface area contributed by atoms with Gasteiger partial charge in [0, 0.05) is 4.90 Å². The lowest BCUT2D eigenvalue weighted by Gasteiger charge is -2.05. The van der Waals surface area contributed by atoms with Gasteiger partial charge in [0.1, 0.15) is 7.85 Å². The Kier molecular flexibility index (Phi) is 3.07. The monoisotopic (exact) mass is 164 g/mol. The first-order chi connectivity index (χ1) is 5.25. The molecule has 0 amide bonds. The summed E-state index contributed by atoms with van der Waals surface area (Å²) in [5, 5.41) is 0. The number of thioether (sulfide) groups is 1. The molecule has 0 unspecified atom stereocenters. The average Bonchev–Trinajstić information content (AvgIpc) is 1.99. The second-order valence-corrected chi connectivity index (χ2v) is 3.94. The van der Waals surface area contributed by atoms with Gasteiger partial charge >= 0.3 is 0 Å². The number of aryl methyl sites for hydroxylation is 1. The molecular weight excluding hydrogens is 151 g/mol. The zero-order chi connectivity index (χ0) is 8.27. The van der Waals surface area contributed by atoms with Crippen LogP contribution in [0.5, 0.6) is 0 Å². The topological polar surface area (TPSA) is 0 Å². The molecule has 11 heavy (non-hydrogen) atoms. The summed E-state index contributed by atoms with van der Waals surface area (Å²) in [6.45, 7) is 4.35. The van der Waals surface area contributed by atoms with Crippen molar-refractivity contribution in [2.45, 2.75) is 18.7 Å². The van der Waals surface area contributed by atoms with Gasteiger partial charge in [-0.25, -0.2) is 0 Å². The first-order valence-electron chi connectivity index (χ1n) is 3.94. The molecule has 0 nitrogen and oxygen atoms in total. The summed E-state index contributed by atoms with van der Waals surface area (Å²) < 4.78 is 0. The zero-order valence-corrected chi connectivity index (χ0v) is 8.16. The van der Waals surface area contributed by atoms with Crippen LogP contribution in [0.15, 0.2) is 23.1 Å². The Morgan fingerprint density at radius 2 is 2.09 bits per heavy atom. The van der Waals surface area contributed by atoms with Crippen molar-refractivity contribution in [3.63, 3.8) is 0 Å². The molecule has 0 aliphatic heterocycles. The van der Waals surface area contributed by atoms with Crippen molar-refractivity contribution in [3.05, 3.63) is 29.3 Å². The molecule has 0 aliphatic rings. The third-order valence-electron chi connectivity index (χ3n) is 1.85. The SMILES string of the molecule is BCSc1cccc(C)c1C. The number of hydrogen-bond acceptors (Lipinski definition) is 1. The highest BCUT2D eigenvalue weighted by Crippen LogP contribution is 2.23. The maximum Gasteiger partial charge on any atom is 0.114 e. The van der Waals surface area contributed by atoms with E-state index in [2.05, 4.69) is 39.9 Å². The van der Waals surface area contributed by atoms with E-state index in [1.807, 2.05) is 11.8 Å². The van der Waals surface area contributed by atoms with Gasteiger partial charge in [-0.05, 0) is 36.7 Å². The van der Waals surface area contributed by atoms with Crippen molar-refractivity contribution in [2.75, 3.05) is 5.65 Å². The van der Waals surface area contributed by atoms with Crippen LogP contribution in [-0.4, -0.2) is 13.5 Å². The smallest absolute Gasteiger partial charge is 0.114 e. The highest BCUT2D eigenvalue weighted by molar-refractivity contribution is 8.00. The molecule has 0 N–H and O–H groups in total. The molecule has 0 aromatic heterocycles. The Morgan fingerprint density at radius 1 is 1.36 bits per heavy atom. The van der Waals surface area contributed by atoms with Crippen molar-refractivity contribution in [1.29, 1.82) is 0 Å². The minimum atomic E-state index is 1.16. The van der Waals surface area contributed by atoms with Crippen LogP contribution in [0.3, 0.4) is 0 Å². The van der Waals surface area contributed by atoms with E-state index < -0.39 is 0 Å². The molecule has 1 aromatic carbocycles. The summed E-state index contributed by atoms with van der Waals surface area (Å²) in [7, 11) is 2.19. The molecule has 0 spiro atoms. The molecular formula is C9H13BS. The van der Waals surface area contributed by atoms with Crippen molar-refractivity contribution in [3.8, 4) is 0 Å². The Bertz CT molecular complexity index is 245. The predicted molar refractivity (Wildman–Crippen MR) is 55.2 cm³/mol. The molecule has 0 fully saturated rings. The second kappa shape index (κ2) is 3.86. The van der Waals surface area contributed by atoms with E-state index >= 15 is 0 Å². The first kappa shape index (κ1) is 8.73. The number of hydrogen-bond donors (Lipinski definition) is 0. The maximum absolute atomic E-state index is 2.19. The van der Waals surface area contributed by atoms with Crippen LogP contribution in [0, 0.1) is 13.8 Å². The lowest BCUT2D eigenvalue weighted by molar-refractivity contribution is 1.23. The quantitative estimate of drug-likeness (QED) is 0.475. The summed E-state index contributed by atoms with van der Waals surface area (Å²) in [6.07, 6.45) is 0. The van der Waals surface area contributed by atoms with Crippen molar-refractivity contribution in [2.24, 2.45) is 0 Å². The zero-order valence-electron chi connectivity index (χ0n) is 7.35. The third kappa shape index (κ3) is 2.03. The van der Waals surface area contributed by atoms with Crippen molar-refractivity contribution in [1.82, 2.24) is 0 Å². The summed E-state index contributed by atoms with van der Waals surface area (Å²) in [5.74, 6) is 0. The minimum absolute atomic E-state index is 1.16. The highest BCUT2D eigenvalue weighted by Gasteiger charge is 1.98. The molecule has 0 saturated heterocycles. The largest absolute Gasteiger partial charge is 0.135 e. The van der Waals surface area contributed by atoms with Gasteiger partial charge in [0.2, 0.25) is 0 Å². The van der Waals surface area contributed by atoms with E-state index in [-0.39, 0.29) is 0 Å². The van der Waals surface area contributed by atoms with E-state index in [0.717, 1.165) is 5.65 Å². The first-order valence-corrected chi connectivity index (χ1v) is 4.93. The van der Waals surface area contributed by atoms with Gasteiger partial charge in [-0.3, -0.25) is 0 Å². The lowest BCUT2D eigenvalue weighted by atomic mass is 10.1.